The Bertz CT molecular complexity index is 1440. The van der Waals surface area contributed by atoms with Gasteiger partial charge in [-0.3, -0.25) is 14.5 Å². The summed E-state index contributed by atoms with van der Waals surface area (Å²) >= 11 is 0. The SMILES string of the molecule is CCOc1cc(C2/C(=C(\O)c3ccc4c(c3)CCO4)C(=O)C(=O)N2c2cc(C)ccc2C)ccc1OC. The Hall–Kier alpha value is -4.26. The van der Waals surface area contributed by atoms with E-state index in [1.165, 1.54) is 4.90 Å². The largest absolute Gasteiger partial charge is 0.507 e. The lowest BCUT2D eigenvalue weighted by atomic mass is 9.94. The van der Waals surface area contributed by atoms with Crippen LogP contribution in [0.4, 0.5) is 5.69 Å². The number of carbonyl (C=O) groups is 2. The normalized spacial score (nSPS) is 18.1. The van der Waals surface area contributed by atoms with E-state index >= 15 is 0 Å². The molecule has 2 aliphatic rings. The fraction of sp³-hybridized carbons (Fsp3) is 0.267. The van der Waals surface area contributed by atoms with E-state index in [0.29, 0.717) is 47.9 Å². The van der Waals surface area contributed by atoms with Crippen molar-refractivity contribution < 1.29 is 28.9 Å². The summed E-state index contributed by atoms with van der Waals surface area (Å²) in [7, 11) is 1.55. The van der Waals surface area contributed by atoms with Crippen LogP contribution >= 0.6 is 0 Å². The number of hydrogen-bond donors (Lipinski definition) is 1. The third-order valence-corrected chi connectivity index (χ3v) is 6.83. The van der Waals surface area contributed by atoms with Gasteiger partial charge >= 0.3 is 0 Å². The number of aliphatic hydroxyl groups excluding tert-OH is 1. The van der Waals surface area contributed by atoms with Gasteiger partial charge in [-0.05, 0) is 79.4 Å². The molecule has 2 heterocycles. The molecule has 3 aromatic carbocycles. The van der Waals surface area contributed by atoms with E-state index in [1.807, 2.05) is 45.0 Å². The predicted molar refractivity (Wildman–Crippen MR) is 141 cm³/mol. The maximum absolute atomic E-state index is 13.6. The zero-order valence-corrected chi connectivity index (χ0v) is 21.3. The fourth-order valence-electron chi connectivity index (χ4n) is 5.00. The van der Waals surface area contributed by atoms with Crippen LogP contribution in [0.5, 0.6) is 17.2 Å². The Labute approximate surface area is 215 Å². The van der Waals surface area contributed by atoms with Gasteiger partial charge in [-0.1, -0.05) is 18.2 Å². The molecule has 5 rings (SSSR count). The lowest BCUT2D eigenvalue weighted by molar-refractivity contribution is -0.132. The molecule has 3 aromatic rings. The van der Waals surface area contributed by atoms with E-state index < -0.39 is 17.7 Å². The van der Waals surface area contributed by atoms with Crippen LogP contribution in [0.25, 0.3) is 5.76 Å². The fourth-order valence-corrected chi connectivity index (χ4v) is 5.00. The van der Waals surface area contributed by atoms with Crippen molar-refractivity contribution in [2.24, 2.45) is 0 Å². The average Bonchev–Trinajstić information content (AvgIpc) is 3.47. The summed E-state index contributed by atoms with van der Waals surface area (Å²) in [5.74, 6) is 0.129. The minimum absolute atomic E-state index is 0.0254. The highest BCUT2D eigenvalue weighted by Crippen LogP contribution is 2.45. The van der Waals surface area contributed by atoms with E-state index in [9.17, 15) is 14.7 Å². The summed E-state index contributed by atoms with van der Waals surface area (Å²) < 4.78 is 16.8. The highest BCUT2D eigenvalue weighted by Gasteiger charge is 2.47. The van der Waals surface area contributed by atoms with Gasteiger partial charge in [0.1, 0.15) is 11.5 Å². The molecule has 37 heavy (non-hydrogen) atoms. The van der Waals surface area contributed by atoms with Gasteiger partial charge in [0.05, 0.1) is 31.9 Å². The van der Waals surface area contributed by atoms with E-state index in [4.69, 9.17) is 14.2 Å². The van der Waals surface area contributed by atoms with Crippen LogP contribution in [0.3, 0.4) is 0 Å². The second-order valence-electron chi connectivity index (χ2n) is 9.22. The summed E-state index contributed by atoms with van der Waals surface area (Å²) in [5, 5.41) is 11.5. The van der Waals surface area contributed by atoms with Crippen LogP contribution in [0, 0.1) is 13.8 Å². The van der Waals surface area contributed by atoms with Crippen LogP contribution < -0.4 is 19.1 Å². The van der Waals surface area contributed by atoms with E-state index in [1.54, 1.807) is 37.4 Å². The second-order valence-corrected chi connectivity index (χ2v) is 9.22. The van der Waals surface area contributed by atoms with Crippen molar-refractivity contribution in [3.63, 3.8) is 0 Å². The molecule has 0 spiro atoms. The number of anilines is 1. The molecule has 1 unspecified atom stereocenters. The molecule has 1 atom stereocenters. The summed E-state index contributed by atoms with van der Waals surface area (Å²) in [6.45, 7) is 6.68. The van der Waals surface area contributed by atoms with Gasteiger partial charge in [0.2, 0.25) is 0 Å². The molecule has 7 nitrogen and oxygen atoms in total. The average molecular weight is 500 g/mol. The van der Waals surface area contributed by atoms with Crippen molar-refractivity contribution in [2.75, 3.05) is 25.2 Å². The van der Waals surface area contributed by atoms with Crippen LogP contribution in [0.1, 0.15) is 40.8 Å². The molecule has 0 bridgehead atoms. The standard InChI is InChI=1S/C30H29NO6/c1-5-36-25-16-20(8-11-24(25)35-4)27-26(28(32)21-9-10-23-19(15-21)12-13-37-23)29(33)30(34)31(27)22-14-17(2)6-7-18(22)3/h6-11,14-16,27,32H,5,12-13H2,1-4H3/b28-26+. The molecule has 2 aliphatic heterocycles. The molecule has 0 radical (unpaired) electrons. The summed E-state index contributed by atoms with van der Waals surface area (Å²) in [6, 6.07) is 15.5. The number of fused-ring (bicyclic) bond motifs is 1. The lowest BCUT2D eigenvalue weighted by Gasteiger charge is -2.27. The van der Waals surface area contributed by atoms with Gasteiger partial charge in [0.25, 0.3) is 11.7 Å². The Morgan fingerprint density at radius 3 is 2.62 bits per heavy atom. The predicted octanol–water partition coefficient (Wildman–Crippen LogP) is 5.27. The first-order valence-electron chi connectivity index (χ1n) is 12.3. The molecule has 1 N–H and O–H groups in total. The highest BCUT2D eigenvalue weighted by molar-refractivity contribution is 6.51. The van der Waals surface area contributed by atoms with Crippen molar-refractivity contribution in [1.82, 2.24) is 0 Å². The van der Waals surface area contributed by atoms with Crippen molar-refractivity contribution in [1.29, 1.82) is 0 Å². The number of methoxy groups -OCH3 is 1. The smallest absolute Gasteiger partial charge is 0.300 e. The first kappa shape index (κ1) is 24.4. The minimum Gasteiger partial charge on any atom is -0.507 e. The van der Waals surface area contributed by atoms with Gasteiger partial charge in [0.15, 0.2) is 11.5 Å². The molecular weight excluding hydrogens is 470 g/mol. The van der Waals surface area contributed by atoms with Gasteiger partial charge in [-0.15, -0.1) is 0 Å². The third-order valence-electron chi connectivity index (χ3n) is 6.83. The minimum atomic E-state index is -0.866. The van der Waals surface area contributed by atoms with E-state index in [-0.39, 0.29) is 11.3 Å². The van der Waals surface area contributed by atoms with Gasteiger partial charge in [-0.25, -0.2) is 0 Å². The molecule has 1 amide bonds. The topological polar surface area (TPSA) is 85.3 Å². The first-order valence-corrected chi connectivity index (χ1v) is 12.3. The first-order chi connectivity index (χ1) is 17.8. The molecule has 1 fully saturated rings. The highest BCUT2D eigenvalue weighted by atomic mass is 16.5. The Balaban J connectivity index is 1.74. The number of amides is 1. The molecule has 190 valence electrons. The quantitative estimate of drug-likeness (QED) is 0.283. The molecular formula is C30H29NO6. The maximum atomic E-state index is 13.6. The number of aryl methyl sites for hydroxylation is 2. The van der Waals surface area contributed by atoms with Crippen molar-refractivity contribution in [3.05, 3.63) is 88.0 Å². The number of nitrogens with zero attached hydrogens (tertiary/aromatic N) is 1. The Morgan fingerprint density at radius 1 is 1.05 bits per heavy atom. The number of ether oxygens (including phenoxy) is 3. The van der Waals surface area contributed by atoms with Gasteiger partial charge < -0.3 is 19.3 Å². The van der Waals surface area contributed by atoms with Gasteiger partial charge in [-0.2, -0.15) is 0 Å². The van der Waals surface area contributed by atoms with E-state index in [0.717, 1.165) is 22.4 Å². The number of ketones is 1. The van der Waals surface area contributed by atoms with Crippen molar-refractivity contribution in [2.45, 2.75) is 33.2 Å². The molecule has 0 aromatic heterocycles. The number of benzene rings is 3. The molecule has 7 heteroatoms. The summed E-state index contributed by atoms with van der Waals surface area (Å²) in [5.41, 5.74) is 4.46. The molecule has 0 saturated carbocycles. The summed E-state index contributed by atoms with van der Waals surface area (Å²) in [4.78, 5) is 28.6. The van der Waals surface area contributed by atoms with Crippen molar-refractivity contribution >= 4 is 23.1 Å². The molecule has 1 saturated heterocycles. The second kappa shape index (κ2) is 9.65. The Morgan fingerprint density at radius 2 is 1.86 bits per heavy atom. The zero-order chi connectivity index (χ0) is 26.3. The van der Waals surface area contributed by atoms with Gasteiger partial charge in [0, 0.05) is 17.7 Å². The number of rotatable bonds is 6. The number of Topliss-reactive ketones (excluding diaryl/α,β-unsaturated/α-hetero) is 1. The third kappa shape index (κ3) is 4.20. The van der Waals surface area contributed by atoms with Crippen LogP contribution in [-0.4, -0.2) is 37.1 Å². The van der Waals surface area contributed by atoms with Crippen molar-refractivity contribution in [3.8, 4) is 17.2 Å². The monoisotopic (exact) mass is 499 g/mol. The van der Waals surface area contributed by atoms with Crippen LogP contribution in [-0.2, 0) is 16.0 Å². The number of carbonyl (C=O) groups excluding carboxylic acids is 2. The molecule has 0 aliphatic carbocycles. The van der Waals surface area contributed by atoms with Crippen LogP contribution in [0.2, 0.25) is 0 Å². The lowest BCUT2D eigenvalue weighted by Crippen LogP contribution is -2.30. The maximum Gasteiger partial charge on any atom is 0.300 e. The van der Waals surface area contributed by atoms with Crippen LogP contribution in [0.15, 0.2) is 60.2 Å². The zero-order valence-electron chi connectivity index (χ0n) is 21.3. The summed E-state index contributed by atoms with van der Waals surface area (Å²) in [6.07, 6.45) is 0.715. The van der Waals surface area contributed by atoms with E-state index in [2.05, 4.69) is 0 Å². The number of aliphatic hydroxyl groups is 1. The number of hydrogen-bond acceptors (Lipinski definition) is 6. The Kier molecular flexibility index (Phi) is 6.38.